The van der Waals surface area contributed by atoms with E-state index in [1.807, 2.05) is 18.2 Å². The van der Waals surface area contributed by atoms with E-state index in [0.717, 1.165) is 31.5 Å². The maximum absolute atomic E-state index is 9.48. The van der Waals surface area contributed by atoms with Crippen molar-refractivity contribution in [1.29, 1.82) is 5.26 Å². The first-order valence-electron chi connectivity index (χ1n) is 7.13. The van der Waals surface area contributed by atoms with Crippen LogP contribution < -0.4 is 5.32 Å². The van der Waals surface area contributed by atoms with Gasteiger partial charge in [-0.15, -0.1) is 0 Å². The van der Waals surface area contributed by atoms with Crippen LogP contribution in [0, 0.1) is 11.3 Å². The summed E-state index contributed by atoms with van der Waals surface area (Å²) < 4.78 is 0. The third-order valence-corrected chi connectivity index (χ3v) is 3.96. The van der Waals surface area contributed by atoms with Crippen molar-refractivity contribution in [2.75, 3.05) is 6.54 Å². The average molecular weight is 262 g/mol. The van der Waals surface area contributed by atoms with Gasteiger partial charge in [-0.25, -0.2) is 0 Å². The van der Waals surface area contributed by atoms with Crippen LogP contribution in [0.4, 0.5) is 0 Å². The average Bonchev–Trinajstić information content (AvgIpc) is 2.53. The molecular weight excluding hydrogens is 244 g/mol. The Kier molecular flexibility index (Phi) is 3.80. The van der Waals surface area contributed by atoms with Crippen LogP contribution in [0.1, 0.15) is 28.2 Å². The summed E-state index contributed by atoms with van der Waals surface area (Å²) >= 11 is 0. The topological polar surface area (TPSA) is 35.8 Å². The lowest BCUT2D eigenvalue weighted by atomic mass is 9.89. The normalized spacial score (nSPS) is 15.2. The van der Waals surface area contributed by atoms with Crippen LogP contribution in [-0.2, 0) is 19.4 Å². The number of fused-ring (bicyclic) bond motifs is 1. The molecule has 1 unspecified atom stereocenters. The SMILES string of the molecule is N#CC(Cc1ccccc1)c1ccc2c(c1)CNCC2. The van der Waals surface area contributed by atoms with Crippen molar-refractivity contribution < 1.29 is 0 Å². The highest BCUT2D eigenvalue weighted by molar-refractivity contribution is 5.38. The Morgan fingerprint density at radius 2 is 1.95 bits per heavy atom. The summed E-state index contributed by atoms with van der Waals surface area (Å²) in [5.41, 5.74) is 5.12. The molecular formula is C18H18N2. The molecule has 0 radical (unpaired) electrons. The van der Waals surface area contributed by atoms with Crippen molar-refractivity contribution in [2.45, 2.75) is 25.3 Å². The number of nitrogens with zero attached hydrogens (tertiary/aromatic N) is 1. The van der Waals surface area contributed by atoms with Gasteiger partial charge in [-0.3, -0.25) is 0 Å². The summed E-state index contributed by atoms with van der Waals surface area (Å²) in [5, 5.41) is 12.9. The van der Waals surface area contributed by atoms with Gasteiger partial charge in [0.1, 0.15) is 0 Å². The van der Waals surface area contributed by atoms with E-state index in [2.05, 4.69) is 41.7 Å². The largest absolute Gasteiger partial charge is 0.312 e. The summed E-state index contributed by atoms with van der Waals surface area (Å²) in [5.74, 6) is -0.0652. The van der Waals surface area contributed by atoms with Crippen LogP contribution in [0.2, 0.25) is 0 Å². The molecule has 0 fully saturated rings. The maximum Gasteiger partial charge on any atom is 0.0753 e. The molecule has 0 amide bonds. The predicted molar refractivity (Wildman–Crippen MR) is 80.4 cm³/mol. The highest BCUT2D eigenvalue weighted by atomic mass is 14.9. The molecule has 1 aliphatic rings. The van der Waals surface area contributed by atoms with E-state index in [4.69, 9.17) is 0 Å². The monoisotopic (exact) mass is 262 g/mol. The second-order valence-electron chi connectivity index (χ2n) is 5.33. The minimum atomic E-state index is -0.0652. The minimum Gasteiger partial charge on any atom is -0.312 e. The van der Waals surface area contributed by atoms with Crippen LogP contribution in [0.5, 0.6) is 0 Å². The quantitative estimate of drug-likeness (QED) is 0.922. The lowest BCUT2D eigenvalue weighted by molar-refractivity contribution is 0.642. The first-order chi connectivity index (χ1) is 9.86. The van der Waals surface area contributed by atoms with Gasteiger partial charge in [-0.2, -0.15) is 5.26 Å². The first-order valence-corrected chi connectivity index (χ1v) is 7.13. The number of hydrogen-bond acceptors (Lipinski definition) is 2. The zero-order chi connectivity index (χ0) is 13.8. The lowest BCUT2D eigenvalue weighted by Gasteiger charge is -2.19. The molecule has 0 saturated heterocycles. The van der Waals surface area contributed by atoms with E-state index in [-0.39, 0.29) is 5.92 Å². The second kappa shape index (κ2) is 5.90. The number of rotatable bonds is 3. The summed E-state index contributed by atoms with van der Waals surface area (Å²) in [6.45, 7) is 1.98. The first kappa shape index (κ1) is 12.9. The molecule has 0 aliphatic carbocycles. The molecule has 20 heavy (non-hydrogen) atoms. The molecule has 0 aromatic heterocycles. The standard InChI is InChI=1S/C18H18N2/c19-12-17(10-14-4-2-1-3-5-14)16-7-6-15-8-9-20-13-18(15)11-16/h1-7,11,17,20H,8-10,13H2. The van der Waals surface area contributed by atoms with Crippen molar-refractivity contribution in [3.05, 3.63) is 70.8 Å². The zero-order valence-corrected chi connectivity index (χ0v) is 11.5. The molecule has 2 aromatic carbocycles. The molecule has 1 N–H and O–H groups in total. The Balaban J connectivity index is 1.84. The van der Waals surface area contributed by atoms with Gasteiger partial charge in [0, 0.05) is 6.54 Å². The molecule has 1 atom stereocenters. The van der Waals surface area contributed by atoms with Gasteiger partial charge in [0.25, 0.3) is 0 Å². The number of hydrogen-bond donors (Lipinski definition) is 1. The van der Waals surface area contributed by atoms with Gasteiger partial charge < -0.3 is 5.32 Å². The molecule has 2 aromatic rings. The van der Waals surface area contributed by atoms with E-state index in [1.165, 1.54) is 16.7 Å². The Bertz CT molecular complexity index is 626. The van der Waals surface area contributed by atoms with Crippen LogP contribution in [0.25, 0.3) is 0 Å². The fraction of sp³-hybridized carbons (Fsp3) is 0.278. The third-order valence-electron chi connectivity index (χ3n) is 3.96. The van der Waals surface area contributed by atoms with E-state index in [0.29, 0.717) is 0 Å². The lowest BCUT2D eigenvalue weighted by Crippen LogP contribution is -2.23. The maximum atomic E-state index is 9.48. The van der Waals surface area contributed by atoms with E-state index in [1.54, 1.807) is 0 Å². The van der Waals surface area contributed by atoms with Crippen molar-refractivity contribution in [1.82, 2.24) is 5.32 Å². The van der Waals surface area contributed by atoms with Gasteiger partial charge in [0.15, 0.2) is 0 Å². The minimum absolute atomic E-state index is 0.0652. The number of nitrogens with one attached hydrogen (secondary N) is 1. The van der Waals surface area contributed by atoms with Crippen LogP contribution in [-0.4, -0.2) is 6.54 Å². The molecule has 3 rings (SSSR count). The fourth-order valence-corrected chi connectivity index (χ4v) is 2.80. The summed E-state index contributed by atoms with van der Waals surface area (Å²) in [4.78, 5) is 0. The van der Waals surface area contributed by atoms with Crippen molar-refractivity contribution in [3.63, 3.8) is 0 Å². The van der Waals surface area contributed by atoms with Crippen molar-refractivity contribution in [3.8, 4) is 6.07 Å². The second-order valence-corrected chi connectivity index (χ2v) is 5.33. The van der Waals surface area contributed by atoms with Gasteiger partial charge in [-0.05, 0) is 41.6 Å². The molecule has 100 valence electrons. The predicted octanol–water partition coefficient (Wildman–Crippen LogP) is 3.18. The summed E-state index contributed by atoms with van der Waals surface area (Å²) in [6.07, 6.45) is 1.87. The van der Waals surface area contributed by atoms with E-state index in [9.17, 15) is 5.26 Å². The fourth-order valence-electron chi connectivity index (χ4n) is 2.80. The van der Waals surface area contributed by atoms with Gasteiger partial charge in [0.05, 0.1) is 12.0 Å². The summed E-state index contributed by atoms with van der Waals surface area (Å²) in [6, 6.07) is 19.2. The third kappa shape index (κ3) is 2.74. The number of nitriles is 1. The van der Waals surface area contributed by atoms with Crippen LogP contribution in [0.15, 0.2) is 48.5 Å². The van der Waals surface area contributed by atoms with Crippen molar-refractivity contribution in [2.24, 2.45) is 0 Å². The van der Waals surface area contributed by atoms with Crippen molar-refractivity contribution >= 4 is 0 Å². The highest BCUT2D eigenvalue weighted by Crippen LogP contribution is 2.24. The van der Waals surface area contributed by atoms with E-state index < -0.39 is 0 Å². The molecule has 0 bridgehead atoms. The van der Waals surface area contributed by atoms with Gasteiger partial charge in [0.2, 0.25) is 0 Å². The van der Waals surface area contributed by atoms with Gasteiger partial charge >= 0.3 is 0 Å². The zero-order valence-electron chi connectivity index (χ0n) is 11.5. The van der Waals surface area contributed by atoms with Crippen LogP contribution in [0.3, 0.4) is 0 Å². The Labute approximate surface area is 120 Å². The molecule has 0 spiro atoms. The Morgan fingerprint density at radius 3 is 2.75 bits per heavy atom. The van der Waals surface area contributed by atoms with Gasteiger partial charge in [-0.1, -0.05) is 48.5 Å². The molecule has 2 nitrogen and oxygen atoms in total. The Morgan fingerprint density at radius 1 is 1.10 bits per heavy atom. The summed E-state index contributed by atoms with van der Waals surface area (Å²) in [7, 11) is 0. The smallest absolute Gasteiger partial charge is 0.0753 e. The number of benzene rings is 2. The van der Waals surface area contributed by atoms with E-state index >= 15 is 0 Å². The van der Waals surface area contributed by atoms with Crippen LogP contribution >= 0.6 is 0 Å². The Hall–Kier alpha value is -2.11. The molecule has 2 heteroatoms. The molecule has 1 aliphatic heterocycles. The molecule has 0 saturated carbocycles. The molecule has 1 heterocycles. The highest BCUT2D eigenvalue weighted by Gasteiger charge is 2.15.